The number of nitrogens with one attached hydrogen (secondary N) is 8. The maximum Gasteiger partial charge on any atom is 0.326 e. The molecule has 0 aliphatic rings. The summed E-state index contributed by atoms with van der Waals surface area (Å²) >= 11 is 0. The van der Waals surface area contributed by atoms with Crippen LogP contribution in [0.15, 0.2) is 9.98 Å². The number of primary amides is 1. The summed E-state index contributed by atoms with van der Waals surface area (Å²) in [7, 11) is 3.63. The van der Waals surface area contributed by atoms with Gasteiger partial charge in [-0.15, -0.1) is 0 Å². The number of aliphatic imine (C=N–C) groups is 2. The molecule has 0 fully saturated rings. The zero-order chi connectivity index (χ0) is 58.2. The molecule has 76 heavy (non-hydrogen) atoms. The minimum atomic E-state index is -1.82. The van der Waals surface area contributed by atoms with Crippen molar-refractivity contribution in [2.24, 2.45) is 50.1 Å². The number of nitrogens with zero attached hydrogens (tertiary/aromatic N) is 3. The van der Waals surface area contributed by atoms with Crippen LogP contribution in [-0.2, 0) is 47.9 Å². The van der Waals surface area contributed by atoms with Gasteiger partial charge in [0, 0.05) is 19.5 Å². The molecular formula is C45H86N18O13. The lowest BCUT2D eigenvalue weighted by Crippen LogP contribution is -2.62. The maximum absolute atomic E-state index is 14.1. The van der Waals surface area contributed by atoms with Crippen LogP contribution >= 0.6 is 0 Å². The van der Waals surface area contributed by atoms with Gasteiger partial charge in [0.25, 0.3) is 0 Å². The number of hydrogen-bond donors (Lipinski definition) is 18. The van der Waals surface area contributed by atoms with Crippen LogP contribution in [0.1, 0.15) is 105 Å². The second-order valence-corrected chi connectivity index (χ2v) is 18.6. The summed E-state index contributed by atoms with van der Waals surface area (Å²) in [6.07, 6.45) is -2.21. The molecule has 0 bridgehead atoms. The second-order valence-electron chi connectivity index (χ2n) is 18.6. The van der Waals surface area contributed by atoms with Gasteiger partial charge in [-0.1, -0.05) is 0 Å². The Labute approximate surface area is 442 Å². The molecule has 31 nitrogen and oxygen atoms in total. The highest BCUT2D eigenvalue weighted by molar-refractivity contribution is 5.98. The average Bonchev–Trinajstić information content (AvgIpc) is 3.32. The molecule has 0 rings (SSSR count). The van der Waals surface area contributed by atoms with E-state index in [9.17, 15) is 63.3 Å². The van der Waals surface area contributed by atoms with E-state index in [1.165, 1.54) is 20.8 Å². The first-order chi connectivity index (χ1) is 35.5. The van der Waals surface area contributed by atoms with E-state index in [2.05, 4.69) is 52.5 Å². The Morgan fingerprint density at radius 1 is 0.474 bits per heavy atom. The zero-order valence-corrected chi connectivity index (χ0v) is 44.5. The van der Waals surface area contributed by atoms with E-state index >= 15 is 0 Å². The standard InChI is InChI=1S/C45H86N18O13/c1-23(47)35(67)56-29(16-12-21-54-45(51)52)39(71)62-34(26(4)65)42(74)59-27(13-8-10-22-63(5)6)37(69)58-30(17-18-32(48)66)40(72)61-33(25(3)64)41(73)55-24(2)36(68)57-28(15-11-20-53-44(49)50)38(70)60-31(43(75)76)14-7-9-19-46/h23-31,33-34,64-65H,7-22,46-47H2,1-6H3,(H2,48,66)(H,55,73)(H,56,67)(H,57,68)(H,58,69)(H,59,74)(H,60,70)(H,61,72)(H,62,71)(H,75,76)(H4,49,50,53)(H4,51,52,54)/t23-,24-,25+,26+,27-,28-,29-,30-,31-,33-,34-/m0/s1. The van der Waals surface area contributed by atoms with Crippen molar-refractivity contribution in [3.63, 3.8) is 0 Å². The molecule has 0 aromatic heterocycles. The van der Waals surface area contributed by atoms with Crippen LogP contribution in [0.5, 0.6) is 0 Å². The number of aliphatic carboxylic acids is 1. The number of carboxylic acids is 1. The molecular weight excluding hydrogens is 1000 g/mol. The Morgan fingerprint density at radius 3 is 1.25 bits per heavy atom. The monoisotopic (exact) mass is 1090 g/mol. The van der Waals surface area contributed by atoms with Crippen LogP contribution in [0.25, 0.3) is 0 Å². The summed E-state index contributed by atoms with van der Waals surface area (Å²) in [4.78, 5) is 142. The fourth-order valence-corrected chi connectivity index (χ4v) is 6.99. The van der Waals surface area contributed by atoms with Crippen LogP contribution in [0.4, 0.5) is 0 Å². The maximum atomic E-state index is 14.1. The number of aliphatic hydroxyl groups excluding tert-OH is 2. The molecule has 0 aliphatic heterocycles. The summed E-state index contributed by atoms with van der Waals surface area (Å²) in [5, 5.41) is 50.5. The van der Waals surface area contributed by atoms with E-state index in [0.29, 0.717) is 38.8 Å². The quantitative estimate of drug-likeness (QED) is 0.0154. The first-order valence-corrected chi connectivity index (χ1v) is 25.0. The van der Waals surface area contributed by atoms with E-state index in [1.54, 1.807) is 0 Å². The number of rotatable bonds is 39. The molecule has 0 spiro atoms. The van der Waals surface area contributed by atoms with Gasteiger partial charge in [0.05, 0.1) is 18.2 Å². The first-order valence-electron chi connectivity index (χ1n) is 25.0. The zero-order valence-electron chi connectivity index (χ0n) is 44.5. The number of nitrogens with two attached hydrogens (primary N) is 7. The lowest BCUT2D eigenvalue weighted by Gasteiger charge is -2.29. The molecule has 0 aromatic rings. The molecule has 0 aromatic carbocycles. The molecule has 0 saturated heterocycles. The van der Waals surface area contributed by atoms with Crippen molar-refractivity contribution in [2.75, 3.05) is 40.3 Å². The summed E-state index contributed by atoms with van der Waals surface area (Å²) in [6.45, 7) is 5.92. The van der Waals surface area contributed by atoms with Crippen molar-refractivity contribution in [1.82, 2.24) is 47.4 Å². The van der Waals surface area contributed by atoms with Crippen molar-refractivity contribution in [3.05, 3.63) is 0 Å². The van der Waals surface area contributed by atoms with E-state index in [1.807, 2.05) is 19.0 Å². The normalized spacial score (nSPS) is 15.4. The highest BCUT2D eigenvalue weighted by Crippen LogP contribution is 2.10. The number of aliphatic hydroxyl groups is 2. The highest BCUT2D eigenvalue weighted by Gasteiger charge is 2.36. The van der Waals surface area contributed by atoms with Crippen LogP contribution in [0, 0.1) is 0 Å². The van der Waals surface area contributed by atoms with E-state index in [4.69, 9.17) is 40.1 Å². The van der Waals surface area contributed by atoms with Gasteiger partial charge in [0.15, 0.2) is 11.9 Å². The second kappa shape index (κ2) is 36.9. The third-order valence-electron chi connectivity index (χ3n) is 11.3. The Bertz CT molecular complexity index is 1960. The molecule has 0 saturated carbocycles. The van der Waals surface area contributed by atoms with E-state index in [0.717, 1.165) is 6.92 Å². The summed E-state index contributed by atoms with van der Waals surface area (Å²) in [5.74, 6) is -10.3. The average molecular weight is 1090 g/mol. The van der Waals surface area contributed by atoms with Crippen molar-refractivity contribution >= 4 is 71.1 Å². The minimum Gasteiger partial charge on any atom is -0.480 e. The van der Waals surface area contributed by atoms with E-state index < -0.39 is 139 Å². The third-order valence-corrected chi connectivity index (χ3v) is 11.3. The Hall–Kier alpha value is -6.96. The largest absolute Gasteiger partial charge is 0.480 e. The van der Waals surface area contributed by atoms with Crippen molar-refractivity contribution in [3.8, 4) is 0 Å². The first kappa shape index (κ1) is 69.0. The smallest absolute Gasteiger partial charge is 0.326 e. The molecule has 0 aliphatic carbocycles. The summed E-state index contributed by atoms with van der Waals surface area (Å²) in [5.41, 5.74) is 38.2. The van der Waals surface area contributed by atoms with Gasteiger partial charge in [-0.2, -0.15) is 0 Å². The van der Waals surface area contributed by atoms with Crippen molar-refractivity contribution in [2.45, 2.75) is 171 Å². The highest BCUT2D eigenvalue weighted by atomic mass is 16.4. The SMILES string of the molecule is C[C@H](N)C(=O)N[C@@H](CCCN=C(N)N)C(=O)N[C@H](C(=O)N[C@@H](CCCCN(C)C)C(=O)N[C@@H](CCC(N)=O)C(=O)N[C@H](C(=O)N[C@@H](C)C(=O)N[C@@H](CCCN=C(N)N)C(=O)N[C@@H](CCCCN)C(=O)O)[C@@H](C)O)[C@@H](C)O. The lowest BCUT2D eigenvalue weighted by molar-refractivity contribution is -0.142. The fraction of sp³-hybridized carbons (Fsp3) is 0.733. The number of carbonyl (C=O) groups is 10. The fourth-order valence-electron chi connectivity index (χ4n) is 6.99. The lowest BCUT2D eigenvalue weighted by atomic mass is 10.0. The van der Waals surface area contributed by atoms with Gasteiger partial charge in [-0.05, 0) is 126 Å². The Balaban J connectivity index is 6.60. The molecule has 25 N–H and O–H groups in total. The molecule has 0 heterocycles. The molecule has 0 radical (unpaired) electrons. The summed E-state index contributed by atoms with van der Waals surface area (Å²) in [6, 6.07) is -13.0. The van der Waals surface area contributed by atoms with Gasteiger partial charge in [-0.3, -0.25) is 53.1 Å². The number of carbonyl (C=O) groups excluding carboxylic acids is 9. The van der Waals surface area contributed by atoms with Gasteiger partial charge < -0.3 is 103 Å². The number of carboxylic acid groups (broad SMARTS) is 1. The molecule has 434 valence electrons. The van der Waals surface area contributed by atoms with Crippen LogP contribution in [0.3, 0.4) is 0 Å². The van der Waals surface area contributed by atoms with Crippen LogP contribution in [-0.4, -0.2) is 198 Å². The molecule has 11 atom stereocenters. The number of amides is 9. The Morgan fingerprint density at radius 2 is 0.842 bits per heavy atom. The topological polar surface area (TPSA) is 538 Å². The van der Waals surface area contributed by atoms with Crippen molar-refractivity contribution < 1.29 is 63.3 Å². The van der Waals surface area contributed by atoms with Crippen LogP contribution in [0.2, 0.25) is 0 Å². The van der Waals surface area contributed by atoms with Crippen LogP contribution < -0.4 is 82.7 Å². The van der Waals surface area contributed by atoms with Gasteiger partial charge >= 0.3 is 5.97 Å². The molecule has 9 amide bonds. The third kappa shape index (κ3) is 29.2. The minimum absolute atomic E-state index is 0.0222. The predicted molar refractivity (Wildman–Crippen MR) is 279 cm³/mol. The number of unbranched alkanes of at least 4 members (excludes halogenated alkanes) is 2. The molecule has 0 unspecified atom stereocenters. The van der Waals surface area contributed by atoms with Gasteiger partial charge in [0.2, 0.25) is 53.2 Å². The van der Waals surface area contributed by atoms with Crippen molar-refractivity contribution in [1.29, 1.82) is 0 Å². The predicted octanol–water partition coefficient (Wildman–Crippen LogP) is -7.69. The van der Waals surface area contributed by atoms with Gasteiger partial charge in [0.1, 0.15) is 48.3 Å². The Kier molecular flexibility index (Phi) is 33.5. The van der Waals surface area contributed by atoms with E-state index in [-0.39, 0.29) is 63.5 Å². The summed E-state index contributed by atoms with van der Waals surface area (Å²) < 4.78 is 0. The number of hydrogen-bond acceptors (Lipinski definition) is 17. The van der Waals surface area contributed by atoms with Gasteiger partial charge in [-0.25, -0.2) is 4.79 Å². The number of guanidine groups is 2. The molecule has 31 heteroatoms.